The SMILES string of the molecule is O=S(=O)(O)c1cccc(OC(F)(F)C(F)(F)C(F)(F)C(F)(F)C(F)(F)C(F)(F)C(F)(F)C(F)(F)C(F)(F)C(F)(F)F)c1. The number of ether oxygens (including phenoxy) is 1. The van der Waals surface area contributed by atoms with Crippen LogP contribution in [-0.2, 0) is 10.1 Å². The van der Waals surface area contributed by atoms with Gasteiger partial charge in [0.1, 0.15) is 5.75 Å². The quantitative estimate of drug-likeness (QED) is 0.192. The first-order valence-corrected chi connectivity index (χ1v) is 10.6. The third kappa shape index (κ3) is 5.03. The summed E-state index contributed by atoms with van der Waals surface area (Å²) >= 11 is 0. The average molecular weight is 692 g/mol. The molecule has 0 fully saturated rings. The predicted molar refractivity (Wildman–Crippen MR) is 87.5 cm³/mol. The summed E-state index contributed by atoms with van der Waals surface area (Å²) in [4.78, 5) is -1.60. The van der Waals surface area contributed by atoms with Gasteiger partial charge >= 0.3 is 59.7 Å². The molecule has 1 rings (SSSR count). The number of halogens is 21. The molecule has 0 saturated heterocycles. The second-order valence-corrected chi connectivity index (χ2v) is 9.08. The number of hydrogen-bond acceptors (Lipinski definition) is 3. The van der Waals surface area contributed by atoms with Gasteiger partial charge in [-0.05, 0) is 12.1 Å². The van der Waals surface area contributed by atoms with Crippen molar-refractivity contribution in [3.8, 4) is 5.75 Å². The maximum absolute atomic E-state index is 13.8. The van der Waals surface area contributed by atoms with Crippen LogP contribution in [0.4, 0.5) is 92.2 Å². The average Bonchev–Trinajstić information content (AvgIpc) is 2.76. The predicted octanol–water partition coefficient (Wildman–Crippen LogP) is 7.55. The summed E-state index contributed by atoms with van der Waals surface area (Å²) in [7, 11) is -5.47. The van der Waals surface area contributed by atoms with Gasteiger partial charge in [-0.1, -0.05) is 6.07 Å². The Balaban J connectivity index is 3.75. The van der Waals surface area contributed by atoms with Crippen molar-refractivity contribution in [1.29, 1.82) is 0 Å². The summed E-state index contributed by atoms with van der Waals surface area (Å²) in [6, 6.07) is -0.155. The summed E-state index contributed by atoms with van der Waals surface area (Å²) < 4.78 is 313. The van der Waals surface area contributed by atoms with E-state index in [0.29, 0.717) is 0 Å². The molecular weight excluding hydrogens is 687 g/mol. The molecule has 0 radical (unpaired) electrons. The van der Waals surface area contributed by atoms with Gasteiger partial charge in [0.2, 0.25) is 0 Å². The minimum Gasteiger partial charge on any atom is -0.428 e. The molecule has 0 heterocycles. The highest BCUT2D eigenvalue weighted by molar-refractivity contribution is 7.85. The Hall–Kier alpha value is -2.54. The monoisotopic (exact) mass is 692 g/mol. The largest absolute Gasteiger partial charge is 0.471 e. The van der Waals surface area contributed by atoms with E-state index in [1.807, 2.05) is 0 Å². The van der Waals surface area contributed by atoms with Crippen LogP contribution in [0.25, 0.3) is 0 Å². The first-order chi connectivity index (χ1) is 17.9. The highest BCUT2D eigenvalue weighted by Crippen LogP contribution is 2.66. The van der Waals surface area contributed by atoms with Crippen molar-refractivity contribution in [2.75, 3.05) is 0 Å². The number of rotatable bonds is 11. The fraction of sp³-hybridized carbons (Fsp3) is 0.625. The lowest BCUT2D eigenvalue weighted by Gasteiger charge is -2.44. The van der Waals surface area contributed by atoms with Crippen LogP contribution < -0.4 is 4.74 Å². The molecule has 0 unspecified atom stereocenters. The van der Waals surface area contributed by atoms with Crippen LogP contribution in [0.5, 0.6) is 5.75 Å². The molecule has 0 bridgehead atoms. The molecule has 1 aromatic carbocycles. The Bertz CT molecular complexity index is 1270. The first-order valence-electron chi connectivity index (χ1n) is 9.17. The van der Waals surface area contributed by atoms with Crippen LogP contribution in [0.3, 0.4) is 0 Å². The molecule has 0 spiro atoms. The summed E-state index contributed by atoms with van der Waals surface area (Å²) in [6.07, 6.45) is -15.5. The zero-order chi connectivity index (χ0) is 34.2. The molecule has 0 aliphatic heterocycles. The zero-order valence-corrected chi connectivity index (χ0v) is 19.1. The van der Waals surface area contributed by atoms with E-state index in [4.69, 9.17) is 4.55 Å². The van der Waals surface area contributed by atoms with E-state index in [2.05, 4.69) is 4.74 Å². The van der Waals surface area contributed by atoms with Gasteiger partial charge in [-0.15, -0.1) is 0 Å². The van der Waals surface area contributed by atoms with Crippen molar-refractivity contribution in [2.24, 2.45) is 0 Å². The van der Waals surface area contributed by atoms with Crippen LogP contribution in [0.15, 0.2) is 29.2 Å². The van der Waals surface area contributed by atoms with Crippen molar-refractivity contribution in [3.05, 3.63) is 24.3 Å². The molecule has 42 heavy (non-hydrogen) atoms. The third-order valence-electron chi connectivity index (χ3n) is 4.83. The normalized spacial score (nSPS) is 16.0. The number of hydrogen-bond donors (Lipinski definition) is 1. The molecule has 246 valence electrons. The maximum atomic E-state index is 13.8. The standard InChI is InChI=1S/C16H5F21O4S/c17-7(18,9(21,22)11(25,26)13(29,30)15(33,34)35)8(19,20)10(23,24)12(27,28)14(31,32)16(36,37)41-5-2-1-3-6(4-5)42(38,39)40/h1-4H,(H,38,39,40). The van der Waals surface area contributed by atoms with Crippen molar-refractivity contribution in [3.63, 3.8) is 0 Å². The molecule has 1 N–H and O–H groups in total. The van der Waals surface area contributed by atoms with Crippen LogP contribution in [0.2, 0.25) is 0 Å². The van der Waals surface area contributed by atoms with Gasteiger partial charge in [0.05, 0.1) is 4.90 Å². The Morgan fingerprint density at radius 2 is 0.810 bits per heavy atom. The number of alkyl halides is 21. The van der Waals surface area contributed by atoms with E-state index in [1.54, 1.807) is 0 Å². The molecule has 4 nitrogen and oxygen atoms in total. The van der Waals surface area contributed by atoms with E-state index >= 15 is 0 Å². The fourth-order valence-electron chi connectivity index (χ4n) is 2.45. The zero-order valence-electron chi connectivity index (χ0n) is 18.3. The second kappa shape index (κ2) is 9.73. The van der Waals surface area contributed by atoms with Crippen LogP contribution >= 0.6 is 0 Å². The molecule has 26 heteroatoms. The van der Waals surface area contributed by atoms with Gasteiger partial charge in [-0.3, -0.25) is 4.55 Å². The van der Waals surface area contributed by atoms with Gasteiger partial charge in [0.25, 0.3) is 10.1 Å². The third-order valence-corrected chi connectivity index (χ3v) is 5.68. The lowest BCUT2D eigenvalue weighted by atomic mass is 9.87. The van der Waals surface area contributed by atoms with E-state index in [-0.39, 0.29) is 18.2 Å². The van der Waals surface area contributed by atoms with E-state index < -0.39 is 86.5 Å². The molecule has 0 aliphatic rings. The van der Waals surface area contributed by atoms with Crippen molar-refractivity contribution >= 4 is 10.1 Å². The summed E-state index contributed by atoms with van der Waals surface area (Å²) in [5, 5.41) is 0. The van der Waals surface area contributed by atoms with Crippen LogP contribution in [-0.4, -0.2) is 72.6 Å². The van der Waals surface area contributed by atoms with Crippen molar-refractivity contribution < 1.29 is 110 Å². The minimum atomic E-state index is -9.30. The van der Waals surface area contributed by atoms with Gasteiger partial charge in [0.15, 0.2) is 0 Å². The van der Waals surface area contributed by atoms with Gasteiger partial charge < -0.3 is 4.74 Å². The van der Waals surface area contributed by atoms with E-state index in [1.165, 1.54) is 0 Å². The van der Waals surface area contributed by atoms with Gasteiger partial charge in [0, 0.05) is 6.07 Å². The lowest BCUT2D eigenvalue weighted by molar-refractivity contribution is -0.480. The molecule has 1 aromatic rings. The Kier molecular flexibility index (Phi) is 8.69. The fourth-order valence-corrected chi connectivity index (χ4v) is 2.97. The molecule has 0 aliphatic carbocycles. The van der Waals surface area contributed by atoms with Crippen LogP contribution in [0.1, 0.15) is 0 Å². The summed E-state index contributed by atoms with van der Waals surface area (Å²) in [5.41, 5.74) is 0. The molecular formula is C16H5F21O4S. The van der Waals surface area contributed by atoms with E-state index in [9.17, 15) is 101 Å². The minimum absolute atomic E-state index is 0.110. The van der Waals surface area contributed by atoms with Crippen molar-refractivity contribution in [2.45, 2.75) is 64.6 Å². The molecule has 0 aromatic heterocycles. The first kappa shape index (κ1) is 37.5. The molecule has 0 saturated carbocycles. The lowest BCUT2D eigenvalue weighted by Crippen LogP contribution is -2.77. The highest BCUT2D eigenvalue weighted by atomic mass is 32.2. The smallest absolute Gasteiger partial charge is 0.428 e. The maximum Gasteiger partial charge on any atom is 0.471 e. The highest BCUT2D eigenvalue weighted by Gasteiger charge is 2.98. The number of benzene rings is 1. The Labute approximate surface area is 215 Å². The van der Waals surface area contributed by atoms with E-state index in [0.717, 1.165) is 0 Å². The Morgan fingerprint density at radius 3 is 1.12 bits per heavy atom. The molecule has 0 amide bonds. The van der Waals surface area contributed by atoms with Gasteiger partial charge in [-0.2, -0.15) is 101 Å². The second-order valence-electron chi connectivity index (χ2n) is 7.66. The molecule has 0 atom stereocenters. The van der Waals surface area contributed by atoms with Gasteiger partial charge in [-0.25, -0.2) is 0 Å². The topological polar surface area (TPSA) is 63.6 Å². The Morgan fingerprint density at radius 1 is 0.500 bits per heavy atom. The summed E-state index contributed by atoms with van der Waals surface area (Å²) in [6.45, 7) is 0. The summed E-state index contributed by atoms with van der Waals surface area (Å²) in [5.74, 6) is -73.8. The van der Waals surface area contributed by atoms with Crippen molar-refractivity contribution in [1.82, 2.24) is 0 Å². The van der Waals surface area contributed by atoms with Crippen LogP contribution in [0, 0.1) is 0 Å².